The number of hydrogen-bond donors (Lipinski definition) is 0. The van der Waals surface area contributed by atoms with Crippen molar-refractivity contribution in [3.05, 3.63) is 47.2 Å². The van der Waals surface area contributed by atoms with E-state index < -0.39 is 0 Å². The molecule has 5 heterocycles. The highest BCUT2D eigenvalue weighted by Crippen LogP contribution is 2.40. The van der Waals surface area contributed by atoms with E-state index in [2.05, 4.69) is 67.9 Å². The van der Waals surface area contributed by atoms with Gasteiger partial charge < -0.3 is 14.2 Å². The highest BCUT2D eigenvalue weighted by Gasteiger charge is 2.31. The van der Waals surface area contributed by atoms with Gasteiger partial charge in [-0.05, 0) is 39.6 Å². The number of rotatable bonds is 4. The minimum Gasteiger partial charge on any atom is -0.370 e. The Morgan fingerprint density at radius 2 is 2.06 bits per heavy atom. The Hall–Kier alpha value is -2.81. The number of thiophene rings is 1. The van der Waals surface area contributed by atoms with Gasteiger partial charge in [-0.1, -0.05) is 18.2 Å². The Morgan fingerprint density at radius 1 is 1.22 bits per heavy atom. The first-order valence-electron chi connectivity index (χ1n) is 10.9. The van der Waals surface area contributed by atoms with E-state index in [0.717, 1.165) is 46.8 Å². The maximum absolute atomic E-state index is 6.03. The van der Waals surface area contributed by atoms with Crippen LogP contribution in [-0.4, -0.2) is 55.3 Å². The summed E-state index contributed by atoms with van der Waals surface area (Å²) < 4.78 is 10.2. The van der Waals surface area contributed by atoms with Crippen LogP contribution in [0.2, 0.25) is 0 Å². The van der Waals surface area contributed by atoms with Gasteiger partial charge in [0, 0.05) is 47.1 Å². The highest BCUT2D eigenvalue weighted by molar-refractivity contribution is 7.19. The average Bonchev–Trinajstić information content (AvgIpc) is 3.44. The molecule has 6 rings (SSSR count). The largest absolute Gasteiger partial charge is 0.370 e. The number of nitrogens with zero attached hydrogens (tertiary/aromatic N) is 6. The van der Waals surface area contributed by atoms with Crippen LogP contribution in [0.4, 0.5) is 0 Å². The van der Waals surface area contributed by atoms with Crippen molar-refractivity contribution in [1.29, 1.82) is 0 Å². The van der Waals surface area contributed by atoms with Crippen molar-refractivity contribution in [3.8, 4) is 11.4 Å². The number of ether oxygens (including phenoxy) is 1. The standard InChI is InChI=1S/C24H26N6OS/c1-24(2)11-16-19(13-31-24)32-23-20(16)22-26-21(27-30(22)14-25-23)17-12-29(10-9-28(3)4)18-8-6-5-7-15(17)18/h5-8,12,14H,9-11,13H2,1-4H3. The van der Waals surface area contributed by atoms with Gasteiger partial charge in [0.05, 0.1) is 17.6 Å². The first-order chi connectivity index (χ1) is 15.4. The fourth-order valence-electron chi connectivity index (χ4n) is 4.57. The van der Waals surface area contributed by atoms with E-state index in [9.17, 15) is 0 Å². The quantitative estimate of drug-likeness (QED) is 0.410. The number of fused-ring (bicyclic) bond motifs is 6. The summed E-state index contributed by atoms with van der Waals surface area (Å²) in [7, 11) is 4.20. The maximum Gasteiger partial charge on any atom is 0.184 e. The lowest BCUT2D eigenvalue weighted by Crippen LogP contribution is -2.31. The Kier molecular flexibility index (Phi) is 4.40. The summed E-state index contributed by atoms with van der Waals surface area (Å²) >= 11 is 1.71. The van der Waals surface area contributed by atoms with Gasteiger partial charge in [0.2, 0.25) is 0 Å². The molecule has 1 aliphatic rings. The van der Waals surface area contributed by atoms with E-state index in [4.69, 9.17) is 19.8 Å². The van der Waals surface area contributed by atoms with Crippen LogP contribution in [0.1, 0.15) is 24.3 Å². The fraction of sp³-hybridized carbons (Fsp3) is 0.375. The zero-order valence-corrected chi connectivity index (χ0v) is 19.6. The zero-order valence-electron chi connectivity index (χ0n) is 18.8. The summed E-state index contributed by atoms with van der Waals surface area (Å²) in [6, 6.07) is 8.49. The summed E-state index contributed by atoms with van der Waals surface area (Å²) in [5.41, 5.74) is 4.27. The molecule has 0 unspecified atom stereocenters. The summed E-state index contributed by atoms with van der Waals surface area (Å²) in [6.07, 6.45) is 4.83. The molecule has 0 amide bonds. The monoisotopic (exact) mass is 446 g/mol. The number of benzene rings is 1. The van der Waals surface area contributed by atoms with Crippen LogP contribution in [0.15, 0.2) is 36.8 Å². The lowest BCUT2D eigenvalue weighted by Gasteiger charge is -2.30. The van der Waals surface area contributed by atoms with Gasteiger partial charge in [0.25, 0.3) is 0 Å². The fourth-order valence-corrected chi connectivity index (χ4v) is 5.64. The molecule has 0 saturated carbocycles. The molecule has 1 aromatic carbocycles. The summed E-state index contributed by atoms with van der Waals surface area (Å²) in [5, 5.41) is 7.15. The smallest absolute Gasteiger partial charge is 0.184 e. The molecule has 0 bridgehead atoms. The van der Waals surface area contributed by atoms with Crippen molar-refractivity contribution in [3.63, 3.8) is 0 Å². The summed E-state index contributed by atoms with van der Waals surface area (Å²) in [5.74, 6) is 0.741. The van der Waals surface area contributed by atoms with E-state index in [1.165, 1.54) is 21.3 Å². The molecular formula is C24H26N6OS. The Morgan fingerprint density at radius 3 is 2.91 bits per heavy atom. The topological polar surface area (TPSA) is 60.5 Å². The molecule has 5 aromatic rings. The number of aromatic nitrogens is 5. The van der Waals surface area contributed by atoms with Crippen molar-refractivity contribution in [1.82, 2.24) is 29.0 Å². The first kappa shape index (κ1) is 19.8. The molecule has 7 nitrogen and oxygen atoms in total. The second kappa shape index (κ2) is 7.10. The summed E-state index contributed by atoms with van der Waals surface area (Å²) in [6.45, 7) is 6.81. The maximum atomic E-state index is 6.03. The van der Waals surface area contributed by atoms with E-state index in [1.54, 1.807) is 17.7 Å². The molecule has 0 N–H and O–H groups in total. The Balaban J connectivity index is 1.53. The van der Waals surface area contributed by atoms with Crippen molar-refractivity contribution >= 4 is 38.1 Å². The molecule has 0 spiro atoms. The van der Waals surface area contributed by atoms with Crippen molar-refractivity contribution in [2.24, 2.45) is 0 Å². The predicted molar refractivity (Wildman–Crippen MR) is 128 cm³/mol. The van der Waals surface area contributed by atoms with Gasteiger partial charge in [-0.15, -0.1) is 16.4 Å². The van der Waals surface area contributed by atoms with Crippen LogP contribution in [0.3, 0.4) is 0 Å². The van der Waals surface area contributed by atoms with E-state index in [0.29, 0.717) is 6.61 Å². The second-order valence-corrected chi connectivity index (χ2v) is 10.5. The lowest BCUT2D eigenvalue weighted by atomic mass is 9.94. The van der Waals surface area contributed by atoms with Crippen LogP contribution < -0.4 is 0 Å². The van der Waals surface area contributed by atoms with Gasteiger partial charge in [0.15, 0.2) is 11.5 Å². The van der Waals surface area contributed by atoms with E-state index in [-0.39, 0.29) is 5.60 Å². The third-order valence-corrected chi connectivity index (χ3v) is 7.34. The van der Waals surface area contributed by atoms with Crippen molar-refractivity contribution in [2.45, 2.75) is 39.0 Å². The molecule has 1 aliphatic heterocycles. The van der Waals surface area contributed by atoms with E-state index >= 15 is 0 Å². The van der Waals surface area contributed by atoms with Gasteiger partial charge in [0.1, 0.15) is 11.2 Å². The van der Waals surface area contributed by atoms with Gasteiger partial charge in [-0.2, -0.15) is 0 Å². The third-order valence-electron chi connectivity index (χ3n) is 6.23. The third kappa shape index (κ3) is 3.13. The van der Waals surface area contributed by atoms with E-state index in [1.807, 2.05) is 4.52 Å². The van der Waals surface area contributed by atoms with Crippen molar-refractivity contribution < 1.29 is 4.74 Å². The van der Waals surface area contributed by atoms with Gasteiger partial charge in [-0.25, -0.2) is 14.5 Å². The SMILES string of the molecule is CN(C)CCn1cc(-c2nc3c4c5c(sc4ncn3n2)COC(C)(C)C5)c2ccccc21. The number of hydrogen-bond acceptors (Lipinski definition) is 6. The molecule has 0 fully saturated rings. The molecule has 164 valence electrons. The first-order valence-corrected chi connectivity index (χ1v) is 11.7. The van der Waals surface area contributed by atoms with Crippen LogP contribution in [-0.2, 0) is 24.3 Å². The normalized spacial score (nSPS) is 15.9. The zero-order chi connectivity index (χ0) is 22.0. The molecule has 32 heavy (non-hydrogen) atoms. The molecule has 0 atom stereocenters. The lowest BCUT2D eigenvalue weighted by molar-refractivity contribution is -0.0379. The van der Waals surface area contributed by atoms with Crippen LogP contribution in [0.5, 0.6) is 0 Å². The van der Waals surface area contributed by atoms with Gasteiger partial charge in [-0.3, -0.25) is 0 Å². The second-order valence-electron chi connectivity index (χ2n) is 9.41. The number of para-hydroxylation sites is 1. The molecule has 4 aromatic heterocycles. The van der Waals surface area contributed by atoms with Crippen LogP contribution in [0.25, 0.3) is 38.2 Å². The van der Waals surface area contributed by atoms with Crippen LogP contribution in [0, 0.1) is 0 Å². The minimum atomic E-state index is -0.184. The summed E-state index contributed by atoms with van der Waals surface area (Å²) in [4.78, 5) is 14.2. The number of likely N-dealkylation sites (N-methyl/N-ethyl adjacent to an activating group) is 1. The molecular weight excluding hydrogens is 420 g/mol. The minimum absolute atomic E-state index is 0.184. The van der Waals surface area contributed by atoms with Gasteiger partial charge >= 0.3 is 0 Å². The molecule has 0 radical (unpaired) electrons. The average molecular weight is 447 g/mol. The molecule has 8 heteroatoms. The molecule has 0 saturated heterocycles. The predicted octanol–water partition coefficient (Wildman–Crippen LogP) is 4.37. The van der Waals surface area contributed by atoms with Crippen LogP contribution >= 0.6 is 11.3 Å². The van der Waals surface area contributed by atoms with Crippen molar-refractivity contribution in [2.75, 3.05) is 20.6 Å². The Labute approximate surface area is 190 Å². The Bertz CT molecular complexity index is 1470. The molecule has 0 aliphatic carbocycles. The highest BCUT2D eigenvalue weighted by atomic mass is 32.1.